The number of amides is 2. The van der Waals surface area contributed by atoms with Crippen molar-refractivity contribution in [1.82, 2.24) is 5.32 Å². The predicted octanol–water partition coefficient (Wildman–Crippen LogP) is 1.49. The molecule has 96 valence electrons. The van der Waals surface area contributed by atoms with Crippen LogP contribution in [0, 0.1) is 0 Å². The molecule has 1 heterocycles. The zero-order valence-corrected chi connectivity index (χ0v) is 10.8. The van der Waals surface area contributed by atoms with Crippen LogP contribution in [0.3, 0.4) is 0 Å². The number of imide groups is 1. The Morgan fingerprint density at radius 1 is 1.33 bits per heavy atom. The van der Waals surface area contributed by atoms with Crippen LogP contribution in [0.15, 0.2) is 24.3 Å². The van der Waals surface area contributed by atoms with Crippen molar-refractivity contribution in [3.05, 3.63) is 29.8 Å². The Balaban J connectivity index is 2.23. The number of rotatable bonds is 3. The SMILES string of the molecule is CCc1ccccc1N(C)C1CCC(=O)NC1=O. The summed E-state index contributed by atoms with van der Waals surface area (Å²) < 4.78 is 0. The highest BCUT2D eigenvalue weighted by molar-refractivity contribution is 6.01. The molecule has 1 N–H and O–H groups in total. The fraction of sp³-hybridized carbons (Fsp3) is 0.429. The van der Waals surface area contributed by atoms with Crippen LogP contribution in [0.25, 0.3) is 0 Å². The van der Waals surface area contributed by atoms with Crippen molar-refractivity contribution in [2.24, 2.45) is 0 Å². The van der Waals surface area contributed by atoms with Crippen molar-refractivity contribution in [2.45, 2.75) is 32.2 Å². The van der Waals surface area contributed by atoms with E-state index in [-0.39, 0.29) is 17.9 Å². The number of aryl methyl sites for hydroxylation is 1. The van der Waals surface area contributed by atoms with E-state index in [1.54, 1.807) is 0 Å². The van der Waals surface area contributed by atoms with Crippen LogP contribution in [-0.2, 0) is 16.0 Å². The first-order valence-electron chi connectivity index (χ1n) is 6.28. The number of carbonyl (C=O) groups is 2. The Morgan fingerprint density at radius 3 is 2.72 bits per heavy atom. The molecule has 0 saturated carbocycles. The first kappa shape index (κ1) is 12.6. The van der Waals surface area contributed by atoms with Gasteiger partial charge in [-0.15, -0.1) is 0 Å². The number of nitrogens with one attached hydrogen (secondary N) is 1. The molecule has 0 aliphatic carbocycles. The minimum Gasteiger partial charge on any atom is -0.362 e. The zero-order chi connectivity index (χ0) is 13.1. The molecule has 0 spiro atoms. The number of benzene rings is 1. The molecule has 1 aliphatic heterocycles. The van der Waals surface area contributed by atoms with Gasteiger partial charge in [0, 0.05) is 19.2 Å². The lowest BCUT2D eigenvalue weighted by molar-refractivity contribution is -0.134. The van der Waals surface area contributed by atoms with Crippen molar-refractivity contribution in [1.29, 1.82) is 0 Å². The largest absolute Gasteiger partial charge is 0.362 e. The third kappa shape index (κ3) is 2.37. The van der Waals surface area contributed by atoms with E-state index < -0.39 is 0 Å². The number of para-hydroxylation sites is 1. The molecular formula is C14H18N2O2. The van der Waals surface area contributed by atoms with Gasteiger partial charge in [-0.1, -0.05) is 25.1 Å². The Bertz CT molecular complexity index is 471. The second-order valence-corrected chi connectivity index (χ2v) is 4.56. The minimum atomic E-state index is -0.254. The van der Waals surface area contributed by atoms with E-state index in [2.05, 4.69) is 18.3 Å². The fourth-order valence-corrected chi connectivity index (χ4v) is 2.37. The Kier molecular flexibility index (Phi) is 3.65. The first-order valence-corrected chi connectivity index (χ1v) is 6.28. The number of carbonyl (C=O) groups excluding carboxylic acids is 2. The Morgan fingerprint density at radius 2 is 2.06 bits per heavy atom. The molecule has 1 atom stereocenters. The van der Waals surface area contributed by atoms with Crippen molar-refractivity contribution < 1.29 is 9.59 Å². The predicted molar refractivity (Wildman–Crippen MR) is 70.4 cm³/mol. The lowest BCUT2D eigenvalue weighted by Crippen LogP contribution is -2.51. The summed E-state index contributed by atoms with van der Waals surface area (Å²) in [5.41, 5.74) is 2.28. The number of likely N-dealkylation sites (N-methyl/N-ethyl adjacent to an activating group) is 1. The summed E-state index contributed by atoms with van der Waals surface area (Å²) in [4.78, 5) is 25.0. The summed E-state index contributed by atoms with van der Waals surface area (Å²) in [6, 6.07) is 7.80. The molecule has 1 aliphatic rings. The average molecular weight is 246 g/mol. The minimum absolute atomic E-state index is 0.173. The summed E-state index contributed by atoms with van der Waals surface area (Å²) in [5.74, 6) is -0.368. The van der Waals surface area contributed by atoms with Crippen molar-refractivity contribution >= 4 is 17.5 Å². The summed E-state index contributed by atoms with van der Waals surface area (Å²) in [5, 5.41) is 2.40. The molecule has 0 radical (unpaired) electrons. The quantitative estimate of drug-likeness (QED) is 0.822. The maximum atomic E-state index is 11.8. The van der Waals surface area contributed by atoms with E-state index >= 15 is 0 Å². The summed E-state index contributed by atoms with van der Waals surface area (Å²) >= 11 is 0. The highest BCUT2D eigenvalue weighted by Crippen LogP contribution is 2.24. The van der Waals surface area contributed by atoms with E-state index in [0.717, 1.165) is 12.1 Å². The number of hydrogen-bond acceptors (Lipinski definition) is 3. The van der Waals surface area contributed by atoms with Crippen LogP contribution in [0.5, 0.6) is 0 Å². The standard InChI is InChI=1S/C14H18N2O2/c1-3-10-6-4-5-7-11(10)16(2)12-8-9-13(17)15-14(12)18/h4-7,12H,3,8-9H2,1-2H3,(H,15,17,18). The Labute approximate surface area is 107 Å². The molecule has 0 bridgehead atoms. The van der Waals surface area contributed by atoms with E-state index in [0.29, 0.717) is 12.8 Å². The number of nitrogens with zero attached hydrogens (tertiary/aromatic N) is 1. The highest BCUT2D eigenvalue weighted by Gasteiger charge is 2.30. The lowest BCUT2D eigenvalue weighted by Gasteiger charge is -2.32. The van der Waals surface area contributed by atoms with Gasteiger partial charge in [0.25, 0.3) is 0 Å². The Hall–Kier alpha value is -1.84. The maximum Gasteiger partial charge on any atom is 0.249 e. The first-order chi connectivity index (χ1) is 8.63. The summed E-state index contributed by atoms with van der Waals surface area (Å²) in [7, 11) is 1.91. The number of piperidine rings is 1. The van der Waals surface area contributed by atoms with E-state index in [1.165, 1.54) is 5.56 Å². The molecule has 0 aromatic heterocycles. The van der Waals surface area contributed by atoms with E-state index in [4.69, 9.17) is 0 Å². The van der Waals surface area contributed by atoms with Gasteiger partial charge in [-0.25, -0.2) is 0 Å². The number of anilines is 1. The molecule has 2 rings (SSSR count). The topological polar surface area (TPSA) is 49.4 Å². The van der Waals surface area contributed by atoms with Crippen molar-refractivity contribution in [2.75, 3.05) is 11.9 Å². The fourth-order valence-electron chi connectivity index (χ4n) is 2.37. The molecule has 4 heteroatoms. The zero-order valence-electron chi connectivity index (χ0n) is 10.8. The number of hydrogen-bond donors (Lipinski definition) is 1. The van der Waals surface area contributed by atoms with E-state index in [1.807, 2.05) is 30.1 Å². The van der Waals surface area contributed by atoms with Crippen LogP contribution in [0.1, 0.15) is 25.3 Å². The lowest BCUT2D eigenvalue weighted by atomic mass is 10.0. The van der Waals surface area contributed by atoms with Gasteiger partial charge in [0.2, 0.25) is 11.8 Å². The van der Waals surface area contributed by atoms with Gasteiger partial charge in [0.05, 0.1) is 0 Å². The smallest absolute Gasteiger partial charge is 0.249 e. The maximum absolute atomic E-state index is 11.8. The molecule has 1 saturated heterocycles. The third-order valence-corrected chi connectivity index (χ3v) is 3.43. The van der Waals surface area contributed by atoms with Crippen molar-refractivity contribution in [3.63, 3.8) is 0 Å². The molecular weight excluding hydrogens is 228 g/mol. The van der Waals surface area contributed by atoms with Crippen LogP contribution in [-0.4, -0.2) is 24.9 Å². The second-order valence-electron chi connectivity index (χ2n) is 4.56. The van der Waals surface area contributed by atoms with Crippen LogP contribution in [0.2, 0.25) is 0 Å². The molecule has 1 aromatic rings. The molecule has 1 unspecified atom stereocenters. The molecule has 2 amide bonds. The normalized spacial score (nSPS) is 19.6. The molecule has 18 heavy (non-hydrogen) atoms. The van der Waals surface area contributed by atoms with Crippen LogP contribution >= 0.6 is 0 Å². The van der Waals surface area contributed by atoms with Gasteiger partial charge >= 0.3 is 0 Å². The van der Waals surface area contributed by atoms with Gasteiger partial charge in [-0.3, -0.25) is 14.9 Å². The highest BCUT2D eigenvalue weighted by atomic mass is 16.2. The van der Waals surface area contributed by atoms with Crippen molar-refractivity contribution in [3.8, 4) is 0 Å². The molecule has 1 fully saturated rings. The summed E-state index contributed by atoms with van der Waals surface area (Å²) in [6.45, 7) is 2.09. The van der Waals surface area contributed by atoms with E-state index in [9.17, 15) is 9.59 Å². The average Bonchev–Trinajstić information content (AvgIpc) is 2.38. The van der Waals surface area contributed by atoms with Crippen LogP contribution < -0.4 is 10.2 Å². The van der Waals surface area contributed by atoms with Gasteiger partial charge in [-0.05, 0) is 24.5 Å². The molecule has 4 nitrogen and oxygen atoms in total. The molecule has 1 aromatic carbocycles. The van der Waals surface area contributed by atoms with Gasteiger partial charge in [0.15, 0.2) is 0 Å². The van der Waals surface area contributed by atoms with Gasteiger partial charge < -0.3 is 4.90 Å². The van der Waals surface area contributed by atoms with Gasteiger partial charge in [-0.2, -0.15) is 0 Å². The van der Waals surface area contributed by atoms with Crippen LogP contribution in [0.4, 0.5) is 5.69 Å². The second kappa shape index (κ2) is 5.21. The summed E-state index contributed by atoms with van der Waals surface area (Å²) in [6.07, 6.45) is 1.92. The van der Waals surface area contributed by atoms with Gasteiger partial charge in [0.1, 0.15) is 6.04 Å². The third-order valence-electron chi connectivity index (χ3n) is 3.43. The monoisotopic (exact) mass is 246 g/mol.